The van der Waals surface area contributed by atoms with Gasteiger partial charge >= 0.3 is 6.09 Å². The van der Waals surface area contributed by atoms with E-state index in [1.807, 2.05) is 30.3 Å². The number of rotatable bonds is 4. The molecule has 6 nitrogen and oxygen atoms in total. The number of nitrogens with two attached hydrogens (primary N) is 1. The van der Waals surface area contributed by atoms with Crippen molar-refractivity contribution in [2.45, 2.75) is 31.9 Å². The molecule has 0 saturated carbocycles. The molecule has 21 heavy (non-hydrogen) atoms. The predicted octanol–water partition coefficient (Wildman–Crippen LogP) is 1.47. The highest BCUT2D eigenvalue weighted by molar-refractivity contribution is 7.89. The van der Waals surface area contributed by atoms with Crippen molar-refractivity contribution in [1.82, 2.24) is 4.90 Å². The van der Waals surface area contributed by atoms with Crippen LogP contribution in [-0.2, 0) is 21.4 Å². The lowest BCUT2D eigenvalue weighted by molar-refractivity contribution is 0.0728. The van der Waals surface area contributed by atoms with Gasteiger partial charge in [-0.25, -0.2) is 18.4 Å². The Balaban J connectivity index is 1.95. The van der Waals surface area contributed by atoms with Gasteiger partial charge in [0, 0.05) is 6.54 Å². The Morgan fingerprint density at radius 3 is 2.67 bits per heavy atom. The van der Waals surface area contributed by atoms with Gasteiger partial charge in [-0.2, -0.15) is 0 Å². The van der Waals surface area contributed by atoms with E-state index in [1.165, 1.54) is 4.90 Å². The normalized spacial score (nSPS) is 19.3. The Morgan fingerprint density at radius 2 is 2.00 bits per heavy atom. The zero-order valence-corrected chi connectivity index (χ0v) is 12.6. The maximum absolute atomic E-state index is 12.1. The van der Waals surface area contributed by atoms with Crippen LogP contribution in [0.5, 0.6) is 0 Å². The van der Waals surface area contributed by atoms with Crippen LogP contribution >= 0.6 is 0 Å². The summed E-state index contributed by atoms with van der Waals surface area (Å²) in [6.45, 7) is 0.687. The molecule has 1 fully saturated rings. The van der Waals surface area contributed by atoms with Crippen molar-refractivity contribution < 1.29 is 17.9 Å². The molecule has 1 amide bonds. The Hall–Kier alpha value is -1.60. The predicted molar refractivity (Wildman–Crippen MR) is 78.9 cm³/mol. The molecular weight excluding hydrogens is 292 g/mol. The number of piperidine rings is 1. The molecule has 7 heteroatoms. The minimum Gasteiger partial charge on any atom is -0.445 e. The first-order chi connectivity index (χ1) is 9.96. The van der Waals surface area contributed by atoms with Crippen molar-refractivity contribution in [3.8, 4) is 0 Å². The summed E-state index contributed by atoms with van der Waals surface area (Å²) in [5.41, 5.74) is 0.894. The number of amides is 1. The van der Waals surface area contributed by atoms with Crippen molar-refractivity contribution >= 4 is 16.1 Å². The topological polar surface area (TPSA) is 89.7 Å². The molecule has 1 heterocycles. The lowest BCUT2D eigenvalue weighted by atomic mass is 10.0. The third-order valence-corrected chi connectivity index (χ3v) is 4.34. The summed E-state index contributed by atoms with van der Waals surface area (Å²) in [6, 6.07) is 8.97. The molecule has 2 rings (SSSR count). The summed E-state index contributed by atoms with van der Waals surface area (Å²) in [5.74, 6) is -0.215. The van der Waals surface area contributed by atoms with E-state index in [9.17, 15) is 13.2 Å². The largest absolute Gasteiger partial charge is 0.445 e. The number of ether oxygens (including phenoxy) is 1. The summed E-state index contributed by atoms with van der Waals surface area (Å²) >= 11 is 0. The first-order valence-corrected chi connectivity index (χ1v) is 8.65. The summed E-state index contributed by atoms with van der Waals surface area (Å²) in [7, 11) is -3.61. The van der Waals surface area contributed by atoms with E-state index in [0.29, 0.717) is 13.0 Å². The molecule has 1 aliphatic rings. The van der Waals surface area contributed by atoms with E-state index in [0.717, 1.165) is 18.4 Å². The Bertz CT molecular complexity index is 574. The van der Waals surface area contributed by atoms with Gasteiger partial charge in [0.1, 0.15) is 6.61 Å². The number of sulfonamides is 1. The van der Waals surface area contributed by atoms with Crippen molar-refractivity contribution in [2.24, 2.45) is 5.14 Å². The first-order valence-electron chi connectivity index (χ1n) is 6.93. The lowest BCUT2D eigenvalue weighted by Crippen LogP contribution is -2.48. The third-order valence-electron chi connectivity index (χ3n) is 3.49. The fourth-order valence-corrected chi connectivity index (χ4v) is 3.37. The van der Waals surface area contributed by atoms with E-state index in [2.05, 4.69) is 0 Å². The van der Waals surface area contributed by atoms with Crippen molar-refractivity contribution in [3.05, 3.63) is 35.9 Å². The van der Waals surface area contributed by atoms with Crippen LogP contribution in [0.25, 0.3) is 0 Å². The smallest absolute Gasteiger partial charge is 0.410 e. The number of hydrogen-bond donors (Lipinski definition) is 1. The average molecular weight is 312 g/mol. The van der Waals surface area contributed by atoms with Crippen LogP contribution < -0.4 is 5.14 Å². The van der Waals surface area contributed by atoms with Crippen LogP contribution in [0.2, 0.25) is 0 Å². The molecule has 0 unspecified atom stereocenters. The zero-order valence-electron chi connectivity index (χ0n) is 11.8. The molecule has 1 aromatic carbocycles. The van der Waals surface area contributed by atoms with Gasteiger partial charge in [-0.3, -0.25) is 0 Å². The van der Waals surface area contributed by atoms with E-state index in [-0.39, 0.29) is 12.4 Å². The summed E-state index contributed by atoms with van der Waals surface area (Å²) in [6.07, 6.45) is 1.90. The lowest BCUT2D eigenvalue weighted by Gasteiger charge is -2.34. The highest BCUT2D eigenvalue weighted by Gasteiger charge is 2.30. The van der Waals surface area contributed by atoms with Gasteiger partial charge in [0.05, 0.1) is 11.8 Å². The van der Waals surface area contributed by atoms with Gasteiger partial charge in [0.15, 0.2) is 0 Å². The van der Waals surface area contributed by atoms with E-state index < -0.39 is 22.2 Å². The Labute approximate surface area is 124 Å². The molecule has 0 aromatic heterocycles. The minimum absolute atomic E-state index is 0.179. The Morgan fingerprint density at radius 1 is 1.29 bits per heavy atom. The fraction of sp³-hybridized carbons (Fsp3) is 0.500. The van der Waals surface area contributed by atoms with Gasteiger partial charge in [-0.15, -0.1) is 0 Å². The van der Waals surface area contributed by atoms with Crippen LogP contribution in [0.15, 0.2) is 30.3 Å². The molecule has 1 aliphatic heterocycles. The molecule has 116 valence electrons. The number of carbonyl (C=O) groups excluding carboxylic acids is 1. The number of nitrogens with zero attached hydrogens (tertiary/aromatic N) is 1. The van der Waals surface area contributed by atoms with Gasteiger partial charge < -0.3 is 9.64 Å². The fourth-order valence-electron chi connectivity index (χ4n) is 2.48. The summed E-state index contributed by atoms with van der Waals surface area (Å²) in [4.78, 5) is 13.6. The molecule has 1 aromatic rings. The van der Waals surface area contributed by atoms with Gasteiger partial charge in [0.2, 0.25) is 10.0 Å². The monoisotopic (exact) mass is 312 g/mol. The van der Waals surface area contributed by atoms with Crippen LogP contribution in [-0.4, -0.2) is 37.8 Å². The van der Waals surface area contributed by atoms with E-state index >= 15 is 0 Å². The van der Waals surface area contributed by atoms with Crippen LogP contribution in [0.1, 0.15) is 24.8 Å². The highest BCUT2D eigenvalue weighted by Crippen LogP contribution is 2.19. The molecule has 0 aliphatic carbocycles. The second-order valence-electron chi connectivity index (χ2n) is 5.21. The maximum Gasteiger partial charge on any atom is 0.410 e. The van der Waals surface area contributed by atoms with Crippen molar-refractivity contribution in [2.75, 3.05) is 12.3 Å². The number of likely N-dealkylation sites (tertiary alicyclic amines) is 1. The zero-order chi connectivity index (χ0) is 15.3. The highest BCUT2D eigenvalue weighted by atomic mass is 32.2. The van der Waals surface area contributed by atoms with Crippen molar-refractivity contribution in [3.63, 3.8) is 0 Å². The quantitative estimate of drug-likeness (QED) is 0.911. The third kappa shape index (κ3) is 5.02. The second kappa shape index (κ2) is 6.91. The van der Waals surface area contributed by atoms with Crippen LogP contribution in [0.4, 0.5) is 4.79 Å². The Kier molecular flexibility index (Phi) is 5.19. The molecular formula is C14H20N2O4S. The van der Waals surface area contributed by atoms with E-state index in [1.54, 1.807) is 0 Å². The molecule has 0 spiro atoms. The van der Waals surface area contributed by atoms with Gasteiger partial charge in [-0.1, -0.05) is 30.3 Å². The number of hydrogen-bond acceptors (Lipinski definition) is 4. The molecule has 2 N–H and O–H groups in total. The number of carbonyl (C=O) groups is 1. The molecule has 1 saturated heterocycles. The summed E-state index contributed by atoms with van der Waals surface area (Å²) < 4.78 is 27.8. The second-order valence-corrected chi connectivity index (χ2v) is 6.87. The number of benzene rings is 1. The molecule has 0 radical (unpaired) electrons. The summed E-state index contributed by atoms with van der Waals surface area (Å²) in [5, 5.41) is 5.09. The van der Waals surface area contributed by atoms with E-state index in [4.69, 9.17) is 9.88 Å². The maximum atomic E-state index is 12.1. The molecule has 0 bridgehead atoms. The van der Waals surface area contributed by atoms with Crippen LogP contribution in [0.3, 0.4) is 0 Å². The standard InChI is InChI=1S/C14H20N2O4S/c15-21(18,19)11-13-8-4-5-9-16(13)14(17)20-10-12-6-2-1-3-7-12/h1-3,6-7,13H,4-5,8-11H2,(H2,15,18,19)/t13-/m1/s1. The van der Waals surface area contributed by atoms with Crippen molar-refractivity contribution in [1.29, 1.82) is 0 Å². The SMILES string of the molecule is NS(=O)(=O)C[C@H]1CCCCN1C(=O)OCc1ccccc1. The minimum atomic E-state index is -3.61. The average Bonchev–Trinajstić information content (AvgIpc) is 2.45. The van der Waals surface area contributed by atoms with Crippen LogP contribution in [0, 0.1) is 0 Å². The number of primary sulfonamides is 1. The molecule has 1 atom stereocenters. The van der Waals surface area contributed by atoms with Gasteiger partial charge in [-0.05, 0) is 24.8 Å². The van der Waals surface area contributed by atoms with Gasteiger partial charge in [0.25, 0.3) is 0 Å². The first kappa shape index (κ1) is 15.8.